The van der Waals surface area contributed by atoms with Gasteiger partial charge in [-0.15, -0.1) is 0 Å². The fourth-order valence-electron chi connectivity index (χ4n) is 4.83. The highest BCUT2D eigenvalue weighted by molar-refractivity contribution is 4.80. The van der Waals surface area contributed by atoms with E-state index in [0.29, 0.717) is 6.10 Å². The van der Waals surface area contributed by atoms with Crippen molar-refractivity contribution < 1.29 is 4.74 Å². The molecule has 0 unspecified atom stereocenters. The van der Waals surface area contributed by atoms with Crippen LogP contribution in [-0.2, 0) is 4.74 Å². The predicted molar refractivity (Wildman–Crippen MR) is 101 cm³/mol. The first-order valence-electron chi connectivity index (χ1n) is 10.5. The summed E-state index contributed by atoms with van der Waals surface area (Å²) in [5, 5.41) is 0. The summed E-state index contributed by atoms with van der Waals surface area (Å²) in [6.45, 7) is 2.14. The summed E-state index contributed by atoms with van der Waals surface area (Å²) in [7, 11) is 1.88. The van der Waals surface area contributed by atoms with Crippen molar-refractivity contribution in [2.24, 2.45) is 17.8 Å². The Kier molecular flexibility index (Phi) is 9.34. The van der Waals surface area contributed by atoms with Gasteiger partial charge in [0.1, 0.15) is 0 Å². The van der Waals surface area contributed by atoms with Crippen molar-refractivity contribution in [2.45, 2.75) is 103 Å². The maximum absolute atomic E-state index is 5.48. The van der Waals surface area contributed by atoms with E-state index in [0.717, 1.165) is 17.8 Å². The van der Waals surface area contributed by atoms with Gasteiger partial charge in [0.15, 0.2) is 0 Å². The lowest BCUT2D eigenvalue weighted by Crippen LogP contribution is -2.20. The summed E-state index contributed by atoms with van der Waals surface area (Å²) in [5.41, 5.74) is 0. The Labute approximate surface area is 145 Å². The minimum atomic E-state index is 0.564. The third-order valence-electron chi connectivity index (χ3n) is 6.55. The van der Waals surface area contributed by atoms with Crippen molar-refractivity contribution in [3.05, 3.63) is 12.2 Å². The maximum Gasteiger partial charge on any atom is 0.0571 e. The minimum Gasteiger partial charge on any atom is -0.381 e. The van der Waals surface area contributed by atoms with Crippen LogP contribution in [-0.4, -0.2) is 13.2 Å². The number of unbranched alkanes of at least 4 members (excludes halogenated alkanes) is 1. The Hall–Kier alpha value is -0.300. The van der Waals surface area contributed by atoms with Crippen LogP contribution >= 0.6 is 0 Å². The molecule has 2 aliphatic carbocycles. The van der Waals surface area contributed by atoms with E-state index in [4.69, 9.17) is 4.74 Å². The monoisotopic (exact) mass is 320 g/mol. The van der Waals surface area contributed by atoms with E-state index in [-0.39, 0.29) is 0 Å². The molecule has 0 spiro atoms. The summed E-state index contributed by atoms with van der Waals surface area (Å²) >= 11 is 0. The first-order chi connectivity index (χ1) is 11.3. The molecule has 0 amide bonds. The number of ether oxygens (including phenoxy) is 1. The third kappa shape index (κ3) is 7.42. The summed E-state index contributed by atoms with van der Waals surface area (Å²) in [6, 6.07) is 0. The highest BCUT2D eigenvalue weighted by atomic mass is 16.5. The van der Waals surface area contributed by atoms with Crippen molar-refractivity contribution in [1.82, 2.24) is 0 Å². The molecule has 23 heavy (non-hydrogen) atoms. The molecular weight excluding hydrogens is 280 g/mol. The first kappa shape index (κ1) is 19.0. The number of hydrogen-bond acceptors (Lipinski definition) is 1. The van der Waals surface area contributed by atoms with Gasteiger partial charge in [-0.25, -0.2) is 0 Å². The van der Waals surface area contributed by atoms with Gasteiger partial charge in [0.25, 0.3) is 0 Å². The number of hydrogen-bond donors (Lipinski definition) is 0. The zero-order chi connectivity index (χ0) is 16.3. The first-order valence-corrected chi connectivity index (χ1v) is 10.5. The quantitative estimate of drug-likeness (QED) is 0.331. The molecular formula is C22H40O. The molecule has 0 bridgehead atoms. The molecule has 134 valence electrons. The molecule has 2 saturated carbocycles. The van der Waals surface area contributed by atoms with Crippen LogP contribution in [0.1, 0.15) is 96.8 Å². The second-order valence-corrected chi connectivity index (χ2v) is 8.20. The van der Waals surface area contributed by atoms with E-state index in [1.165, 1.54) is 89.9 Å². The largest absolute Gasteiger partial charge is 0.381 e. The minimum absolute atomic E-state index is 0.564. The Bertz CT molecular complexity index is 306. The molecule has 2 rings (SSSR count). The van der Waals surface area contributed by atoms with Crippen LogP contribution in [0.3, 0.4) is 0 Å². The van der Waals surface area contributed by atoms with Gasteiger partial charge in [-0.05, 0) is 63.2 Å². The van der Waals surface area contributed by atoms with E-state index < -0.39 is 0 Å². The zero-order valence-electron chi connectivity index (χ0n) is 15.8. The smallest absolute Gasteiger partial charge is 0.0571 e. The van der Waals surface area contributed by atoms with Crippen molar-refractivity contribution in [1.29, 1.82) is 0 Å². The lowest BCUT2D eigenvalue weighted by molar-refractivity contribution is 0.0551. The fraction of sp³-hybridized carbons (Fsp3) is 0.909. The van der Waals surface area contributed by atoms with Gasteiger partial charge in [-0.2, -0.15) is 0 Å². The van der Waals surface area contributed by atoms with Gasteiger partial charge in [0.2, 0.25) is 0 Å². The van der Waals surface area contributed by atoms with E-state index in [2.05, 4.69) is 19.1 Å². The van der Waals surface area contributed by atoms with Crippen LogP contribution in [0.4, 0.5) is 0 Å². The van der Waals surface area contributed by atoms with Crippen molar-refractivity contribution in [3.63, 3.8) is 0 Å². The average Bonchev–Trinajstić information content (AvgIpc) is 2.61. The van der Waals surface area contributed by atoms with Crippen molar-refractivity contribution in [2.75, 3.05) is 7.11 Å². The van der Waals surface area contributed by atoms with Crippen LogP contribution in [0.5, 0.6) is 0 Å². The molecule has 0 N–H and O–H groups in total. The molecule has 1 heteroatoms. The molecule has 0 aromatic heterocycles. The molecule has 1 nitrogen and oxygen atoms in total. The topological polar surface area (TPSA) is 9.23 Å². The fourth-order valence-corrected chi connectivity index (χ4v) is 4.83. The standard InChI is InChI=1S/C22H40O/c1-3-4-5-8-19-11-13-20(14-12-19)9-6-7-10-21-15-17-22(23-2)18-16-21/h3-4,19-22H,5-18H2,1-2H3/b4-3+/t19-,20-,21-,22-. The molecule has 2 aliphatic rings. The van der Waals surface area contributed by atoms with Gasteiger partial charge in [0, 0.05) is 7.11 Å². The van der Waals surface area contributed by atoms with Crippen LogP contribution in [0, 0.1) is 17.8 Å². The van der Waals surface area contributed by atoms with Crippen LogP contribution in [0.25, 0.3) is 0 Å². The highest BCUT2D eigenvalue weighted by Crippen LogP contribution is 2.35. The SMILES string of the molecule is C/C=C/CC[C@H]1CC[C@H](CCCC[C@H]2CC[C@H](OC)CC2)CC1. The predicted octanol–water partition coefficient (Wildman–Crippen LogP) is 6.91. The number of rotatable bonds is 9. The van der Waals surface area contributed by atoms with Crippen LogP contribution in [0.2, 0.25) is 0 Å². The van der Waals surface area contributed by atoms with E-state index >= 15 is 0 Å². The molecule has 0 aromatic carbocycles. The molecule has 0 atom stereocenters. The van der Waals surface area contributed by atoms with Gasteiger partial charge in [-0.1, -0.05) is 63.5 Å². The van der Waals surface area contributed by atoms with E-state index in [9.17, 15) is 0 Å². The molecule has 0 aliphatic heterocycles. The summed E-state index contributed by atoms with van der Waals surface area (Å²) < 4.78 is 5.48. The van der Waals surface area contributed by atoms with Crippen molar-refractivity contribution >= 4 is 0 Å². The normalized spacial score (nSPS) is 32.4. The Morgan fingerprint density at radius 2 is 1.22 bits per heavy atom. The number of methoxy groups -OCH3 is 1. The molecule has 0 radical (unpaired) electrons. The van der Waals surface area contributed by atoms with Crippen molar-refractivity contribution in [3.8, 4) is 0 Å². The molecule has 2 fully saturated rings. The van der Waals surface area contributed by atoms with Gasteiger partial charge < -0.3 is 4.74 Å². The van der Waals surface area contributed by atoms with Gasteiger partial charge in [-0.3, -0.25) is 0 Å². The third-order valence-corrected chi connectivity index (χ3v) is 6.55. The average molecular weight is 321 g/mol. The number of allylic oxidation sites excluding steroid dienone is 2. The second kappa shape index (κ2) is 11.3. The lowest BCUT2D eigenvalue weighted by Gasteiger charge is -2.29. The van der Waals surface area contributed by atoms with E-state index in [1.54, 1.807) is 0 Å². The molecule has 0 saturated heterocycles. The Balaban J connectivity index is 1.46. The van der Waals surface area contributed by atoms with Crippen LogP contribution in [0.15, 0.2) is 12.2 Å². The Morgan fingerprint density at radius 1 is 0.739 bits per heavy atom. The Morgan fingerprint density at radius 3 is 1.70 bits per heavy atom. The second-order valence-electron chi connectivity index (χ2n) is 8.20. The molecule has 0 heterocycles. The van der Waals surface area contributed by atoms with Gasteiger partial charge >= 0.3 is 0 Å². The van der Waals surface area contributed by atoms with Crippen LogP contribution < -0.4 is 0 Å². The lowest BCUT2D eigenvalue weighted by atomic mass is 9.77. The summed E-state index contributed by atoms with van der Waals surface area (Å²) in [6.07, 6.45) is 25.3. The molecule has 0 aromatic rings. The zero-order valence-corrected chi connectivity index (χ0v) is 15.8. The summed E-state index contributed by atoms with van der Waals surface area (Å²) in [5.74, 6) is 3.08. The summed E-state index contributed by atoms with van der Waals surface area (Å²) in [4.78, 5) is 0. The van der Waals surface area contributed by atoms with E-state index in [1.807, 2.05) is 7.11 Å². The maximum atomic E-state index is 5.48. The van der Waals surface area contributed by atoms with Gasteiger partial charge in [0.05, 0.1) is 6.10 Å². The highest BCUT2D eigenvalue weighted by Gasteiger charge is 2.22.